The van der Waals surface area contributed by atoms with Gasteiger partial charge in [-0.05, 0) is 61.4 Å². The number of para-hydroxylation sites is 1. The van der Waals surface area contributed by atoms with Crippen LogP contribution in [0.2, 0.25) is 0 Å². The molecule has 7 nitrogen and oxygen atoms in total. The van der Waals surface area contributed by atoms with Crippen molar-refractivity contribution in [1.29, 1.82) is 0 Å². The van der Waals surface area contributed by atoms with Crippen LogP contribution < -0.4 is 10.1 Å². The van der Waals surface area contributed by atoms with Gasteiger partial charge in [-0.2, -0.15) is 4.31 Å². The molecule has 1 aliphatic rings. The molecule has 2 heterocycles. The molecule has 3 aromatic rings. The van der Waals surface area contributed by atoms with Gasteiger partial charge in [0.2, 0.25) is 15.9 Å². The lowest BCUT2D eigenvalue weighted by Crippen LogP contribution is -2.27. The molecule has 2 aromatic carbocycles. The third kappa shape index (κ3) is 5.67. The van der Waals surface area contributed by atoms with Crippen LogP contribution in [0.15, 0.2) is 82.8 Å². The molecule has 32 heavy (non-hydrogen) atoms. The molecule has 0 atom stereocenters. The summed E-state index contributed by atoms with van der Waals surface area (Å²) in [6.07, 6.45) is 3.14. The van der Waals surface area contributed by atoms with E-state index < -0.39 is 10.0 Å². The second-order valence-electron chi connectivity index (χ2n) is 7.22. The van der Waals surface area contributed by atoms with Gasteiger partial charge in [0.05, 0.1) is 10.8 Å². The average molecular weight is 470 g/mol. The summed E-state index contributed by atoms with van der Waals surface area (Å²) in [5, 5.41) is 3.42. The van der Waals surface area contributed by atoms with Crippen LogP contribution >= 0.6 is 11.8 Å². The van der Waals surface area contributed by atoms with Crippen LogP contribution in [0.1, 0.15) is 12.8 Å². The van der Waals surface area contributed by atoms with Crippen LogP contribution in [-0.4, -0.2) is 42.5 Å². The summed E-state index contributed by atoms with van der Waals surface area (Å²) in [5.41, 5.74) is 0.663. The number of amides is 1. The number of anilines is 1. The van der Waals surface area contributed by atoms with E-state index in [1.807, 2.05) is 30.3 Å². The minimum atomic E-state index is -3.48. The Bertz CT molecular complexity index is 1150. The Kier molecular flexibility index (Phi) is 7.09. The molecule has 1 saturated heterocycles. The number of ether oxygens (including phenoxy) is 1. The van der Waals surface area contributed by atoms with Crippen molar-refractivity contribution in [3.63, 3.8) is 0 Å². The van der Waals surface area contributed by atoms with Gasteiger partial charge in [0, 0.05) is 25.0 Å². The normalized spacial score (nSPS) is 14.2. The molecular weight excluding hydrogens is 446 g/mol. The van der Waals surface area contributed by atoms with Crippen molar-refractivity contribution in [2.24, 2.45) is 0 Å². The number of carbonyl (C=O) groups is 1. The first-order valence-electron chi connectivity index (χ1n) is 10.2. The Hall–Kier alpha value is -2.88. The number of thioether (sulfide) groups is 1. The minimum absolute atomic E-state index is 0.160. The second kappa shape index (κ2) is 10.2. The highest BCUT2D eigenvalue weighted by molar-refractivity contribution is 7.99. The molecule has 0 bridgehead atoms. The van der Waals surface area contributed by atoms with Crippen LogP contribution in [0.3, 0.4) is 0 Å². The highest BCUT2D eigenvalue weighted by Crippen LogP contribution is 2.24. The molecule has 0 aliphatic carbocycles. The summed E-state index contributed by atoms with van der Waals surface area (Å²) in [5.74, 6) is 1.40. The van der Waals surface area contributed by atoms with Crippen LogP contribution in [0.4, 0.5) is 5.69 Å². The molecule has 0 spiro atoms. The van der Waals surface area contributed by atoms with Gasteiger partial charge >= 0.3 is 0 Å². The first kappa shape index (κ1) is 22.3. The maximum atomic E-state index is 12.5. The number of nitrogens with zero attached hydrogens (tertiary/aromatic N) is 2. The summed E-state index contributed by atoms with van der Waals surface area (Å²) in [7, 11) is -3.48. The van der Waals surface area contributed by atoms with Crippen molar-refractivity contribution in [1.82, 2.24) is 9.29 Å². The van der Waals surface area contributed by atoms with Crippen LogP contribution in [0.5, 0.6) is 11.5 Å². The lowest BCUT2D eigenvalue weighted by Gasteiger charge is -2.15. The zero-order valence-corrected chi connectivity index (χ0v) is 18.9. The van der Waals surface area contributed by atoms with E-state index in [-0.39, 0.29) is 16.6 Å². The summed E-state index contributed by atoms with van der Waals surface area (Å²) in [4.78, 5) is 16.7. The van der Waals surface area contributed by atoms with Crippen molar-refractivity contribution in [3.05, 3.63) is 72.9 Å². The summed E-state index contributed by atoms with van der Waals surface area (Å²) < 4.78 is 32.3. The van der Waals surface area contributed by atoms with Crippen molar-refractivity contribution < 1.29 is 17.9 Å². The molecule has 0 saturated carbocycles. The monoisotopic (exact) mass is 469 g/mol. The number of carbonyl (C=O) groups excluding carboxylic acids is 1. The first-order valence-corrected chi connectivity index (χ1v) is 12.7. The fourth-order valence-electron chi connectivity index (χ4n) is 3.25. The van der Waals surface area contributed by atoms with E-state index in [4.69, 9.17) is 4.74 Å². The Balaban J connectivity index is 1.27. The number of rotatable bonds is 8. The Morgan fingerprint density at radius 1 is 0.969 bits per heavy atom. The van der Waals surface area contributed by atoms with Crippen molar-refractivity contribution >= 4 is 33.4 Å². The lowest BCUT2D eigenvalue weighted by molar-refractivity contribution is -0.113. The van der Waals surface area contributed by atoms with Gasteiger partial charge in [-0.1, -0.05) is 30.0 Å². The predicted molar refractivity (Wildman–Crippen MR) is 125 cm³/mol. The largest absolute Gasteiger partial charge is 0.457 e. The zero-order valence-electron chi connectivity index (χ0n) is 17.3. The number of hydrogen-bond acceptors (Lipinski definition) is 6. The number of hydrogen-bond donors (Lipinski definition) is 1. The number of pyridine rings is 1. The van der Waals surface area contributed by atoms with Crippen molar-refractivity contribution in [3.8, 4) is 11.5 Å². The number of nitrogens with one attached hydrogen (secondary N) is 1. The summed E-state index contributed by atoms with van der Waals surface area (Å²) >= 11 is 1.25. The topological polar surface area (TPSA) is 88.6 Å². The molecular formula is C23H23N3O4S2. The second-order valence-corrected chi connectivity index (χ2v) is 10.2. The highest BCUT2D eigenvalue weighted by Gasteiger charge is 2.27. The van der Waals surface area contributed by atoms with Gasteiger partial charge in [-0.25, -0.2) is 13.4 Å². The predicted octanol–water partition coefficient (Wildman–Crippen LogP) is 4.39. The molecule has 9 heteroatoms. The third-order valence-corrected chi connectivity index (χ3v) is 7.71. The highest BCUT2D eigenvalue weighted by atomic mass is 32.2. The van der Waals surface area contributed by atoms with Crippen LogP contribution in [-0.2, 0) is 14.8 Å². The Morgan fingerprint density at radius 2 is 1.66 bits per heavy atom. The van der Waals surface area contributed by atoms with Crippen molar-refractivity contribution in [2.45, 2.75) is 22.8 Å². The Morgan fingerprint density at radius 3 is 2.31 bits per heavy atom. The van der Waals surface area contributed by atoms with Gasteiger partial charge in [0.25, 0.3) is 0 Å². The fraction of sp³-hybridized carbons (Fsp3) is 0.217. The smallest absolute Gasteiger partial charge is 0.244 e. The number of aromatic nitrogens is 1. The number of benzene rings is 2. The molecule has 166 valence electrons. The first-order chi connectivity index (χ1) is 15.5. The maximum Gasteiger partial charge on any atom is 0.244 e. The van der Waals surface area contributed by atoms with E-state index in [0.717, 1.165) is 18.6 Å². The van der Waals surface area contributed by atoms with E-state index in [9.17, 15) is 13.2 Å². The molecule has 1 fully saturated rings. The van der Waals surface area contributed by atoms with E-state index in [1.54, 1.807) is 36.4 Å². The van der Waals surface area contributed by atoms with Gasteiger partial charge in [0.15, 0.2) is 0 Å². The van der Waals surface area contributed by atoms with E-state index in [2.05, 4.69) is 10.3 Å². The molecule has 1 amide bonds. The molecule has 0 radical (unpaired) electrons. The van der Waals surface area contributed by atoms with Gasteiger partial charge in [-0.3, -0.25) is 4.79 Å². The van der Waals surface area contributed by atoms with Crippen LogP contribution in [0.25, 0.3) is 0 Å². The van der Waals surface area contributed by atoms with E-state index >= 15 is 0 Å². The Labute approximate surface area is 191 Å². The third-order valence-electron chi connectivity index (χ3n) is 4.88. The number of sulfonamides is 1. The molecule has 1 aliphatic heterocycles. The SMILES string of the molecule is O=C(CSc1ccc(S(=O)(=O)N2CCCC2)cn1)Nc1ccc(Oc2ccccc2)cc1. The van der Waals surface area contributed by atoms with Gasteiger partial charge in [0.1, 0.15) is 16.4 Å². The maximum absolute atomic E-state index is 12.5. The molecule has 1 aromatic heterocycles. The van der Waals surface area contributed by atoms with Crippen molar-refractivity contribution in [2.75, 3.05) is 24.2 Å². The lowest BCUT2D eigenvalue weighted by atomic mass is 10.3. The molecule has 1 N–H and O–H groups in total. The van der Waals surface area contributed by atoms with Gasteiger partial charge < -0.3 is 10.1 Å². The van der Waals surface area contributed by atoms with E-state index in [1.165, 1.54) is 22.3 Å². The molecule has 4 rings (SSSR count). The van der Waals surface area contributed by atoms with E-state index in [0.29, 0.717) is 29.6 Å². The summed E-state index contributed by atoms with van der Waals surface area (Å²) in [6, 6.07) is 19.8. The van der Waals surface area contributed by atoms with Gasteiger partial charge in [-0.15, -0.1) is 0 Å². The zero-order chi connectivity index (χ0) is 22.4. The minimum Gasteiger partial charge on any atom is -0.457 e. The van der Waals surface area contributed by atoms with Crippen LogP contribution in [0, 0.1) is 0 Å². The fourth-order valence-corrected chi connectivity index (χ4v) is 5.36. The summed E-state index contributed by atoms with van der Waals surface area (Å²) in [6.45, 7) is 1.11. The standard InChI is InChI=1S/C23H23N3O4S2/c27-22(25-18-8-10-20(11-9-18)30-19-6-2-1-3-7-19)17-31-23-13-12-21(16-24-23)32(28,29)26-14-4-5-15-26/h1-3,6-13,16H,4-5,14-15,17H2,(H,25,27). The average Bonchev–Trinajstić information content (AvgIpc) is 3.36. The molecule has 0 unspecified atom stereocenters. The quantitative estimate of drug-likeness (QED) is 0.492.